The number of oxazole rings is 1. The predicted octanol–water partition coefficient (Wildman–Crippen LogP) is 4.63. The molecule has 0 bridgehead atoms. The molecule has 0 atom stereocenters. The molecule has 2 heterocycles. The summed E-state index contributed by atoms with van der Waals surface area (Å²) in [6, 6.07) is 15.7. The Morgan fingerprint density at radius 3 is 2.39 bits per heavy atom. The highest BCUT2D eigenvalue weighted by Crippen LogP contribution is 2.23. The van der Waals surface area contributed by atoms with Gasteiger partial charge in [-0.25, -0.2) is 15.0 Å². The van der Waals surface area contributed by atoms with Crippen LogP contribution in [0.1, 0.15) is 0 Å². The molecular formula is C17H11IN4O. The first-order chi connectivity index (χ1) is 11.3. The Labute approximate surface area is 145 Å². The van der Waals surface area contributed by atoms with Crippen LogP contribution in [0.15, 0.2) is 65.3 Å². The summed E-state index contributed by atoms with van der Waals surface area (Å²) in [5.41, 5.74) is 3.27. The summed E-state index contributed by atoms with van der Waals surface area (Å²) in [4.78, 5) is 13.1. The maximum Gasteiger partial charge on any atom is 0.230 e. The Bertz CT molecular complexity index is 915. The van der Waals surface area contributed by atoms with Crippen LogP contribution in [0.2, 0.25) is 0 Å². The van der Waals surface area contributed by atoms with Crippen molar-refractivity contribution in [3.8, 4) is 11.5 Å². The maximum absolute atomic E-state index is 5.71. The second-order valence-corrected chi connectivity index (χ2v) is 6.16. The van der Waals surface area contributed by atoms with Crippen molar-refractivity contribution in [2.75, 3.05) is 5.32 Å². The van der Waals surface area contributed by atoms with Crippen molar-refractivity contribution in [3.05, 3.63) is 64.5 Å². The fourth-order valence-corrected chi connectivity index (χ4v) is 2.52. The second-order valence-electron chi connectivity index (χ2n) is 4.91. The molecule has 0 amide bonds. The zero-order valence-electron chi connectivity index (χ0n) is 11.9. The Morgan fingerprint density at radius 2 is 1.65 bits per heavy atom. The van der Waals surface area contributed by atoms with Crippen molar-refractivity contribution < 1.29 is 4.42 Å². The van der Waals surface area contributed by atoms with E-state index >= 15 is 0 Å². The summed E-state index contributed by atoms with van der Waals surface area (Å²) in [6.45, 7) is 0. The molecule has 0 aliphatic carbocycles. The number of hydrogen-bond donors (Lipinski definition) is 1. The molecule has 23 heavy (non-hydrogen) atoms. The SMILES string of the molecule is Ic1ccc(Nc2ncc(-c3nc4ccccc4o3)cn2)cc1. The molecule has 0 spiro atoms. The molecule has 4 aromatic rings. The Morgan fingerprint density at radius 1 is 0.913 bits per heavy atom. The number of fused-ring (bicyclic) bond motifs is 1. The summed E-state index contributed by atoms with van der Waals surface area (Å²) in [5, 5.41) is 3.16. The predicted molar refractivity (Wildman–Crippen MR) is 97.5 cm³/mol. The summed E-state index contributed by atoms with van der Waals surface area (Å²) in [6.07, 6.45) is 3.40. The number of anilines is 2. The highest BCUT2D eigenvalue weighted by Gasteiger charge is 2.09. The van der Waals surface area contributed by atoms with Crippen LogP contribution in [0.25, 0.3) is 22.6 Å². The molecule has 0 fully saturated rings. The van der Waals surface area contributed by atoms with Gasteiger partial charge in [0.25, 0.3) is 0 Å². The van der Waals surface area contributed by atoms with E-state index in [0.29, 0.717) is 11.8 Å². The second kappa shape index (κ2) is 5.96. The average Bonchev–Trinajstić information content (AvgIpc) is 3.02. The molecule has 0 aliphatic heterocycles. The van der Waals surface area contributed by atoms with E-state index < -0.39 is 0 Å². The van der Waals surface area contributed by atoms with Crippen molar-refractivity contribution in [1.82, 2.24) is 15.0 Å². The lowest BCUT2D eigenvalue weighted by Crippen LogP contribution is -1.96. The van der Waals surface area contributed by atoms with E-state index in [4.69, 9.17) is 4.42 Å². The van der Waals surface area contributed by atoms with E-state index in [1.807, 2.05) is 48.5 Å². The molecule has 0 saturated carbocycles. The third-order valence-corrected chi connectivity index (χ3v) is 4.01. The quantitative estimate of drug-likeness (QED) is 0.496. The van der Waals surface area contributed by atoms with Crippen molar-refractivity contribution in [3.63, 3.8) is 0 Å². The smallest absolute Gasteiger partial charge is 0.230 e. The van der Waals surface area contributed by atoms with E-state index in [2.05, 4.69) is 42.9 Å². The van der Waals surface area contributed by atoms with E-state index in [9.17, 15) is 0 Å². The summed E-state index contributed by atoms with van der Waals surface area (Å²) >= 11 is 2.27. The monoisotopic (exact) mass is 414 g/mol. The molecule has 0 radical (unpaired) electrons. The summed E-state index contributed by atoms with van der Waals surface area (Å²) in [7, 11) is 0. The van der Waals surface area contributed by atoms with Crippen LogP contribution in [0.4, 0.5) is 11.6 Å². The highest BCUT2D eigenvalue weighted by atomic mass is 127. The molecule has 4 rings (SSSR count). The first kappa shape index (κ1) is 14.1. The van der Waals surface area contributed by atoms with Crippen molar-refractivity contribution >= 4 is 45.3 Å². The topological polar surface area (TPSA) is 63.8 Å². The number of benzene rings is 2. The minimum atomic E-state index is 0.520. The van der Waals surface area contributed by atoms with Gasteiger partial charge in [0, 0.05) is 21.7 Å². The normalized spacial score (nSPS) is 10.8. The van der Waals surface area contributed by atoms with Gasteiger partial charge < -0.3 is 9.73 Å². The molecule has 112 valence electrons. The number of hydrogen-bond acceptors (Lipinski definition) is 5. The van der Waals surface area contributed by atoms with Crippen LogP contribution in [0.3, 0.4) is 0 Å². The van der Waals surface area contributed by atoms with Crippen molar-refractivity contribution in [2.45, 2.75) is 0 Å². The third-order valence-electron chi connectivity index (χ3n) is 3.29. The summed E-state index contributed by atoms with van der Waals surface area (Å²) < 4.78 is 6.89. The molecule has 0 aliphatic rings. The van der Waals surface area contributed by atoms with Gasteiger partial charge >= 0.3 is 0 Å². The van der Waals surface area contributed by atoms with Crippen molar-refractivity contribution in [1.29, 1.82) is 0 Å². The number of halogens is 1. The number of nitrogens with zero attached hydrogens (tertiary/aromatic N) is 3. The van der Waals surface area contributed by atoms with Crippen LogP contribution in [0, 0.1) is 3.57 Å². The lowest BCUT2D eigenvalue weighted by molar-refractivity contribution is 0.619. The van der Waals surface area contributed by atoms with Crippen LogP contribution < -0.4 is 5.32 Å². The van der Waals surface area contributed by atoms with Crippen LogP contribution in [-0.2, 0) is 0 Å². The van der Waals surface area contributed by atoms with Gasteiger partial charge in [-0.15, -0.1) is 0 Å². The fraction of sp³-hybridized carbons (Fsp3) is 0. The largest absolute Gasteiger partial charge is 0.436 e. The lowest BCUT2D eigenvalue weighted by atomic mass is 10.3. The maximum atomic E-state index is 5.71. The molecule has 0 unspecified atom stereocenters. The minimum absolute atomic E-state index is 0.520. The van der Waals surface area contributed by atoms with Gasteiger partial charge in [-0.1, -0.05) is 12.1 Å². The lowest BCUT2D eigenvalue weighted by Gasteiger charge is -2.04. The van der Waals surface area contributed by atoms with Crippen LogP contribution in [0.5, 0.6) is 0 Å². The Kier molecular flexibility index (Phi) is 3.66. The number of aromatic nitrogens is 3. The van der Waals surface area contributed by atoms with Crippen molar-refractivity contribution in [2.24, 2.45) is 0 Å². The first-order valence-electron chi connectivity index (χ1n) is 6.98. The van der Waals surface area contributed by atoms with Gasteiger partial charge in [0.1, 0.15) is 5.52 Å². The Balaban J connectivity index is 1.58. The first-order valence-corrected chi connectivity index (χ1v) is 8.06. The Hall–Kier alpha value is -2.48. The van der Waals surface area contributed by atoms with Gasteiger partial charge in [0.15, 0.2) is 5.58 Å². The van der Waals surface area contributed by atoms with E-state index in [-0.39, 0.29) is 0 Å². The summed E-state index contributed by atoms with van der Waals surface area (Å²) in [5.74, 6) is 1.05. The fourth-order valence-electron chi connectivity index (χ4n) is 2.16. The number of rotatable bonds is 3. The average molecular weight is 414 g/mol. The molecule has 1 N–H and O–H groups in total. The molecule has 0 saturated heterocycles. The zero-order valence-corrected chi connectivity index (χ0v) is 14.1. The molecular weight excluding hydrogens is 403 g/mol. The molecule has 6 heteroatoms. The minimum Gasteiger partial charge on any atom is -0.436 e. The van der Waals surface area contributed by atoms with E-state index in [0.717, 1.165) is 22.4 Å². The van der Waals surface area contributed by atoms with Gasteiger partial charge in [-0.2, -0.15) is 0 Å². The van der Waals surface area contributed by atoms with Gasteiger partial charge in [-0.3, -0.25) is 0 Å². The molecule has 2 aromatic heterocycles. The van der Waals surface area contributed by atoms with E-state index in [1.165, 1.54) is 3.57 Å². The van der Waals surface area contributed by atoms with Gasteiger partial charge in [-0.05, 0) is 59.0 Å². The molecule has 2 aromatic carbocycles. The zero-order chi connectivity index (χ0) is 15.6. The highest BCUT2D eigenvalue weighted by molar-refractivity contribution is 14.1. The third kappa shape index (κ3) is 3.02. The number of nitrogens with one attached hydrogen (secondary N) is 1. The van der Waals surface area contributed by atoms with Gasteiger partial charge in [0.2, 0.25) is 11.8 Å². The van der Waals surface area contributed by atoms with Gasteiger partial charge in [0.05, 0.1) is 5.56 Å². The van der Waals surface area contributed by atoms with Crippen LogP contribution >= 0.6 is 22.6 Å². The molecule has 5 nitrogen and oxygen atoms in total. The number of para-hydroxylation sites is 2. The van der Waals surface area contributed by atoms with Crippen LogP contribution in [-0.4, -0.2) is 15.0 Å². The standard InChI is InChI=1S/C17H11IN4O/c18-12-5-7-13(8-6-12)21-17-19-9-11(10-20-17)16-22-14-3-1-2-4-15(14)23-16/h1-10H,(H,19,20,21). The van der Waals surface area contributed by atoms with E-state index in [1.54, 1.807) is 12.4 Å².